The Bertz CT molecular complexity index is 735. The Morgan fingerprint density at radius 1 is 1.23 bits per heavy atom. The molecular formula is C16H25Cl2N3O4S. The summed E-state index contributed by atoms with van der Waals surface area (Å²) in [5.41, 5.74) is 5.90. The predicted molar refractivity (Wildman–Crippen MR) is 103 cm³/mol. The molecule has 0 radical (unpaired) electrons. The molecule has 10 heteroatoms. The van der Waals surface area contributed by atoms with Gasteiger partial charge in [-0.25, -0.2) is 8.42 Å². The van der Waals surface area contributed by atoms with Gasteiger partial charge in [-0.2, -0.15) is 4.31 Å². The average Bonchev–Trinajstić information content (AvgIpc) is 2.60. The molecule has 1 heterocycles. The number of halogens is 2. The van der Waals surface area contributed by atoms with Crippen LogP contribution in [0.15, 0.2) is 23.1 Å². The number of amides is 1. The Labute approximate surface area is 165 Å². The Morgan fingerprint density at radius 2 is 1.81 bits per heavy atom. The van der Waals surface area contributed by atoms with Crippen molar-refractivity contribution in [2.45, 2.75) is 24.8 Å². The molecule has 2 rings (SSSR count). The van der Waals surface area contributed by atoms with Gasteiger partial charge < -0.3 is 15.4 Å². The van der Waals surface area contributed by atoms with E-state index < -0.39 is 16.1 Å². The fourth-order valence-corrected chi connectivity index (χ4v) is 4.48. The third-order valence-electron chi connectivity index (χ3n) is 4.30. The smallest absolute Gasteiger partial charge is 0.246 e. The van der Waals surface area contributed by atoms with Crippen LogP contribution >= 0.6 is 24.0 Å². The maximum atomic E-state index is 12.9. The largest absolute Gasteiger partial charge is 0.495 e. The minimum absolute atomic E-state index is 0. The molecule has 148 valence electrons. The van der Waals surface area contributed by atoms with Crippen molar-refractivity contribution in [1.82, 2.24) is 9.21 Å². The molecule has 1 atom stereocenters. The lowest BCUT2D eigenvalue weighted by Gasteiger charge is -2.35. The van der Waals surface area contributed by atoms with Crippen LogP contribution in [0.5, 0.6) is 5.75 Å². The van der Waals surface area contributed by atoms with E-state index in [1.54, 1.807) is 11.0 Å². The van der Waals surface area contributed by atoms with Crippen molar-refractivity contribution >= 4 is 39.9 Å². The highest BCUT2D eigenvalue weighted by Crippen LogP contribution is 2.30. The summed E-state index contributed by atoms with van der Waals surface area (Å²) < 4.78 is 32.3. The number of nitrogens with zero attached hydrogens (tertiary/aromatic N) is 2. The molecule has 1 aliphatic heterocycles. The van der Waals surface area contributed by atoms with Crippen LogP contribution in [0.2, 0.25) is 5.02 Å². The SMILES string of the molecule is COc1ccc(Cl)cc1S(=O)(=O)N1CCN(C(=O)[C@@H](N)C(C)C)CC1.Cl. The van der Waals surface area contributed by atoms with E-state index in [0.717, 1.165) is 0 Å². The second kappa shape index (κ2) is 9.23. The second-order valence-corrected chi connectivity index (χ2v) is 8.64. The summed E-state index contributed by atoms with van der Waals surface area (Å²) in [5.74, 6) is 0.127. The molecule has 0 aromatic heterocycles. The number of piperazine rings is 1. The molecule has 26 heavy (non-hydrogen) atoms. The maximum absolute atomic E-state index is 12.9. The molecule has 0 unspecified atom stereocenters. The van der Waals surface area contributed by atoms with Crippen LogP contribution in [-0.4, -0.2) is 62.9 Å². The van der Waals surface area contributed by atoms with E-state index in [1.165, 1.54) is 23.5 Å². The van der Waals surface area contributed by atoms with Crippen molar-refractivity contribution < 1.29 is 17.9 Å². The highest BCUT2D eigenvalue weighted by Gasteiger charge is 2.33. The summed E-state index contributed by atoms with van der Waals surface area (Å²) in [5, 5.41) is 0.316. The number of carbonyl (C=O) groups excluding carboxylic acids is 1. The van der Waals surface area contributed by atoms with Gasteiger partial charge in [0, 0.05) is 31.2 Å². The standard InChI is InChI=1S/C16H24ClN3O4S.ClH/c1-11(2)15(18)16(21)19-6-8-20(9-7-19)25(22,23)14-10-12(17)4-5-13(14)24-3;/h4-5,10-11,15H,6-9,18H2,1-3H3;1H/t15-;/m0./s1. The van der Waals surface area contributed by atoms with E-state index in [-0.39, 0.29) is 48.0 Å². The van der Waals surface area contributed by atoms with Crippen molar-refractivity contribution in [1.29, 1.82) is 0 Å². The van der Waals surface area contributed by atoms with Gasteiger partial charge in [0.1, 0.15) is 10.6 Å². The molecule has 1 aliphatic rings. The summed E-state index contributed by atoms with van der Waals surface area (Å²) in [6.45, 7) is 4.79. The van der Waals surface area contributed by atoms with E-state index in [9.17, 15) is 13.2 Å². The van der Waals surface area contributed by atoms with Crippen LogP contribution in [0.3, 0.4) is 0 Å². The van der Waals surface area contributed by atoms with Crippen molar-refractivity contribution in [2.24, 2.45) is 11.7 Å². The minimum Gasteiger partial charge on any atom is -0.495 e. The van der Waals surface area contributed by atoms with Gasteiger partial charge in [-0.05, 0) is 24.1 Å². The second-order valence-electron chi connectivity index (χ2n) is 6.29. The number of rotatable bonds is 5. The van der Waals surface area contributed by atoms with E-state index in [1.807, 2.05) is 13.8 Å². The van der Waals surface area contributed by atoms with Gasteiger partial charge in [0.25, 0.3) is 0 Å². The van der Waals surface area contributed by atoms with Gasteiger partial charge in [-0.15, -0.1) is 12.4 Å². The first-order chi connectivity index (χ1) is 11.7. The number of nitrogens with two attached hydrogens (primary N) is 1. The van der Waals surface area contributed by atoms with Gasteiger partial charge in [0.2, 0.25) is 15.9 Å². The van der Waals surface area contributed by atoms with Crippen LogP contribution in [0.1, 0.15) is 13.8 Å². The molecule has 0 spiro atoms. The Kier molecular flexibility index (Phi) is 8.16. The first-order valence-electron chi connectivity index (χ1n) is 8.06. The average molecular weight is 426 g/mol. The summed E-state index contributed by atoms with van der Waals surface area (Å²) in [6, 6.07) is 3.90. The first kappa shape index (κ1) is 23.0. The zero-order valence-corrected chi connectivity index (χ0v) is 17.4. The number of methoxy groups -OCH3 is 1. The fraction of sp³-hybridized carbons (Fsp3) is 0.562. The van der Waals surface area contributed by atoms with E-state index in [4.69, 9.17) is 22.1 Å². The van der Waals surface area contributed by atoms with Crippen molar-refractivity contribution in [2.75, 3.05) is 33.3 Å². The summed E-state index contributed by atoms with van der Waals surface area (Å²) in [7, 11) is -2.35. The van der Waals surface area contributed by atoms with Crippen molar-refractivity contribution in [3.8, 4) is 5.75 Å². The molecule has 1 amide bonds. The summed E-state index contributed by atoms with van der Waals surface area (Å²) in [6.07, 6.45) is 0. The van der Waals surface area contributed by atoms with Gasteiger partial charge in [-0.3, -0.25) is 4.79 Å². The molecule has 1 aromatic rings. The molecule has 2 N–H and O–H groups in total. The van der Waals surface area contributed by atoms with Crippen molar-refractivity contribution in [3.05, 3.63) is 23.2 Å². The molecule has 0 aliphatic carbocycles. The first-order valence-corrected chi connectivity index (χ1v) is 9.88. The topological polar surface area (TPSA) is 92.9 Å². The van der Waals surface area contributed by atoms with E-state index >= 15 is 0 Å². The highest BCUT2D eigenvalue weighted by atomic mass is 35.5. The number of ether oxygens (including phenoxy) is 1. The van der Waals surface area contributed by atoms with Gasteiger partial charge in [-0.1, -0.05) is 25.4 Å². The lowest BCUT2D eigenvalue weighted by molar-refractivity contribution is -0.134. The molecule has 7 nitrogen and oxygen atoms in total. The van der Waals surface area contributed by atoms with Crippen molar-refractivity contribution in [3.63, 3.8) is 0 Å². The van der Waals surface area contributed by atoms with Gasteiger partial charge in [0.15, 0.2) is 0 Å². The lowest BCUT2D eigenvalue weighted by Crippen LogP contribution is -2.55. The number of hydrogen-bond acceptors (Lipinski definition) is 5. The van der Waals surface area contributed by atoms with Crippen LogP contribution in [-0.2, 0) is 14.8 Å². The van der Waals surface area contributed by atoms with Crippen LogP contribution in [0.25, 0.3) is 0 Å². The normalized spacial score (nSPS) is 16.9. The summed E-state index contributed by atoms with van der Waals surface area (Å²) >= 11 is 5.94. The monoisotopic (exact) mass is 425 g/mol. The lowest BCUT2D eigenvalue weighted by atomic mass is 10.0. The van der Waals surface area contributed by atoms with Gasteiger partial charge in [0.05, 0.1) is 13.2 Å². The molecule has 0 bridgehead atoms. The van der Waals surface area contributed by atoms with Crippen LogP contribution < -0.4 is 10.5 Å². The molecule has 1 aromatic carbocycles. The Morgan fingerprint density at radius 3 is 2.31 bits per heavy atom. The quantitative estimate of drug-likeness (QED) is 0.772. The van der Waals surface area contributed by atoms with Gasteiger partial charge >= 0.3 is 0 Å². The molecule has 0 saturated carbocycles. The molecule has 1 saturated heterocycles. The Hall–Kier alpha value is -1.06. The number of sulfonamides is 1. The summed E-state index contributed by atoms with van der Waals surface area (Å²) in [4.78, 5) is 14.0. The zero-order chi connectivity index (χ0) is 18.8. The predicted octanol–water partition coefficient (Wildman–Crippen LogP) is 1.59. The van der Waals surface area contributed by atoms with E-state index in [2.05, 4.69) is 0 Å². The van der Waals surface area contributed by atoms with Crippen LogP contribution in [0.4, 0.5) is 0 Å². The highest BCUT2D eigenvalue weighted by molar-refractivity contribution is 7.89. The zero-order valence-electron chi connectivity index (χ0n) is 15.0. The number of benzene rings is 1. The third-order valence-corrected chi connectivity index (χ3v) is 6.45. The maximum Gasteiger partial charge on any atom is 0.246 e. The third kappa shape index (κ3) is 4.80. The number of hydrogen-bond donors (Lipinski definition) is 1. The number of carbonyl (C=O) groups is 1. The minimum atomic E-state index is -3.76. The molecular weight excluding hydrogens is 401 g/mol. The van der Waals surface area contributed by atoms with Crippen LogP contribution in [0, 0.1) is 5.92 Å². The molecule has 1 fully saturated rings. The van der Waals surface area contributed by atoms with E-state index in [0.29, 0.717) is 18.1 Å². The Balaban J connectivity index is 0.00000338. The fourth-order valence-electron chi connectivity index (χ4n) is 2.64.